The minimum absolute atomic E-state index is 0.305. The van der Waals surface area contributed by atoms with Crippen molar-refractivity contribution in [1.29, 1.82) is 0 Å². The molecule has 0 unspecified atom stereocenters. The molecule has 4 aromatic rings. The molecule has 8 heteroatoms. The summed E-state index contributed by atoms with van der Waals surface area (Å²) >= 11 is 6.49. The Labute approximate surface area is 202 Å². The first-order valence-electron chi connectivity index (χ1n) is 11.7. The van der Waals surface area contributed by atoms with E-state index in [2.05, 4.69) is 31.8 Å². The second-order valence-electron chi connectivity index (χ2n) is 9.29. The molecule has 1 fully saturated rings. The standard InChI is InChI=1S/C26H25ClN6O/c1-15-10-20(27)19(11-23(15)32-13-22(29-14-32)17-7-8-17)26(34)31-24-5-3-4-21(30-24)25-28-12-18-9-6-16(2)33(18)25/h3-5,10-14,16-17H,6-9H2,1-2H3,(H,30,31,34)/t16-/m1/s1. The summed E-state index contributed by atoms with van der Waals surface area (Å²) < 4.78 is 4.20. The lowest BCUT2D eigenvalue weighted by atomic mass is 10.1. The van der Waals surface area contributed by atoms with E-state index in [-0.39, 0.29) is 5.91 Å². The quantitative estimate of drug-likeness (QED) is 0.402. The van der Waals surface area contributed by atoms with Crippen molar-refractivity contribution in [2.24, 2.45) is 0 Å². The minimum atomic E-state index is -0.305. The minimum Gasteiger partial charge on any atom is -0.324 e. The topological polar surface area (TPSA) is 77.6 Å². The van der Waals surface area contributed by atoms with Gasteiger partial charge in [-0.2, -0.15) is 0 Å². The van der Waals surface area contributed by atoms with Crippen LogP contribution >= 0.6 is 11.6 Å². The zero-order chi connectivity index (χ0) is 23.4. The lowest BCUT2D eigenvalue weighted by Crippen LogP contribution is -2.15. The van der Waals surface area contributed by atoms with E-state index in [0.29, 0.717) is 28.4 Å². The summed E-state index contributed by atoms with van der Waals surface area (Å²) in [7, 11) is 0. The molecule has 7 nitrogen and oxygen atoms in total. The molecule has 1 aliphatic carbocycles. The van der Waals surface area contributed by atoms with Gasteiger partial charge in [-0.25, -0.2) is 15.0 Å². The van der Waals surface area contributed by atoms with Gasteiger partial charge in [0.25, 0.3) is 5.91 Å². The molecule has 1 saturated carbocycles. The Bertz CT molecular complexity index is 1420. The van der Waals surface area contributed by atoms with Gasteiger partial charge in [0.1, 0.15) is 11.5 Å². The maximum Gasteiger partial charge on any atom is 0.258 e. The molecule has 3 aromatic heterocycles. The highest BCUT2D eigenvalue weighted by Crippen LogP contribution is 2.39. The Hall–Kier alpha value is -3.45. The van der Waals surface area contributed by atoms with Gasteiger partial charge in [0.15, 0.2) is 5.82 Å². The summed E-state index contributed by atoms with van der Waals surface area (Å²) in [6, 6.07) is 9.61. The molecule has 6 rings (SSSR count). The number of hydrogen-bond donors (Lipinski definition) is 1. The second-order valence-corrected chi connectivity index (χ2v) is 9.70. The van der Waals surface area contributed by atoms with Crippen LogP contribution in [0.2, 0.25) is 5.02 Å². The Kier molecular flexibility index (Phi) is 5.03. The van der Waals surface area contributed by atoms with Crippen LogP contribution in [0.4, 0.5) is 5.82 Å². The molecule has 4 heterocycles. The summed E-state index contributed by atoms with van der Waals surface area (Å²) in [5.41, 5.74) is 5.32. The summed E-state index contributed by atoms with van der Waals surface area (Å²) in [6.45, 7) is 4.17. The fourth-order valence-electron chi connectivity index (χ4n) is 4.73. The van der Waals surface area contributed by atoms with Crippen LogP contribution in [-0.2, 0) is 6.42 Å². The molecule has 1 amide bonds. The molecule has 0 saturated heterocycles. The van der Waals surface area contributed by atoms with Crippen LogP contribution in [0.3, 0.4) is 0 Å². The first-order valence-corrected chi connectivity index (χ1v) is 12.0. The smallest absolute Gasteiger partial charge is 0.258 e. The number of aryl methyl sites for hydroxylation is 2. The Balaban J connectivity index is 1.28. The molecular weight excluding hydrogens is 448 g/mol. The van der Waals surface area contributed by atoms with Crippen molar-refractivity contribution in [3.8, 4) is 17.2 Å². The van der Waals surface area contributed by atoms with Crippen LogP contribution in [0, 0.1) is 6.92 Å². The molecule has 172 valence electrons. The van der Waals surface area contributed by atoms with E-state index in [1.54, 1.807) is 12.4 Å². The second kappa shape index (κ2) is 8.09. The summed E-state index contributed by atoms with van der Waals surface area (Å²) in [6.07, 6.45) is 10.3. The number of anilines is 1. The highest BCUT2D eigenvalue weighted by Gasteiger charge is 2.26. The van der Waals surface area contributed by atoms with Crippen LogP contribution < -0.4 is 5.32 Å². The normalized spacial score (nSPS) is 17.1. The van der Waals surface area contributed by atoms with Crippen molar-refractivity contribution < 1.29 is 4.79 Å². The van der Waals surface area contributed by atoms with E-state index in [1.165, 1.54) is 18.5 Å². The molecule has 0 radical (unpaired) electrons. The first kappa shape index (κ1) is 21.1. The fourth-order valence-corrected chi connectivity index (χ4v) is 5.04. The molecule has 34 heavy (non-hydrogen) atoms. The third-order valence-corrected chi connectivity index (χ3v) is 7.07. The SMILES string of the molecule is Cc1cc(Cl)c(C(=O)Nc2cccc(-c3ncc4n3[C@H](C)CC4)n2)cc1-n1cnc(C2CC2)c1. The average Bonchev–Trinajstić information content (AvgIpc) is 3.23. The molecular formula is C26H25ClN6O. The highest BCUT2D eigenvalue weighted by molar-refractivity contribution is 6.34. The summed E-state index contributed by atoms with van der Waals surface area (Å²) in [5.74, 6) is 1.55. The van der Waals surface area contributed by atoms with Crippen LogP contribution in [0.5, 0.6) is 0 Å². The lowest BCUT2D eigenvalue weighted by Gasteiger charge is -2.13. The Morgan fingerprint density at radius 1 is 1.18 bits per heavy atom. The van der Waals surface area contributed by atoms with Gasteiger partial charge in [0.05, 0.1) is 28.3 Å². The number of imidazole rings is 2. The third kappa shape index (κ3) is 3.70. The number of nitrogens with zero attached hydrogens (tertiary/aromatic N) is 5. The number of hydrogen-bond acceptors (Lipinski definition) is 4. The molecule has 1 atom stereocenters. The third-order valence-electron chi connectivity index (χ3n) is 6.76. The van der Waals surface area contributed by atoms with E-state index in [4.69, 9.17) is 11.6 Å². The molecule has 0 bridgehead atoms. The van der Waals surface area contributed by atoms with Gasteiger partial charge in [-0.3, -0.25) is 4.79 Å². The summed E-state index contributed by atoms with van der Waals surface area (Å²) in [4.78, 5) is 27.0. The first-order chi connectivity index (χ1) is 16.5. The molecule has 0 spiro atoms. The zero-order valence-electron chi connectivity index (χ0n) is 19.1. The molecule has 1 aromatic carbocycles. The number of nitrogens with one attached hydrogen (secondary N) is 1. The van der Waals surface area contributed by atoms with Crippen molar-refractivity contribution >= 4 is 23.3 Å². The van der Waals surface area contributed by atoms with Gasteiger partial charge in [-0.15, -0.1) is 0 Å². The van der Waals surface area contributed by atoms with Crippen molar-refractivity contribution in [3.63, 3.8) is 0 Å². The van der Waals surface area contributed by atoms with Gasteiger partial charge < -0.3 is 14.5 Å². The van der Waals surface area contributed by atoms with Gasteiger partial charge >= 0.3 is 0 Å². The van der Waals surface area contributed by atoms with Crippen molar-refractivity contribution in [3.05, 3.63) is 76.6 Å². The number of rotatable bonds is 5. The fraction of sp³-hybridized carbons (Fsp3) is 0.308. The molecule has 1 aliphatic heterocycles. The van der Waals surface area contributed by atoms with Gasteiger partial charge in [-0.05, 0) is 69.4 Å². The van der Waals surface area contributed by atoms with E-state index < -0.39 is 0 Å². The van der Waals surface area contributed by atoms with Crippen molar-refractivity contribution in [1.82, 2.24) is 24.1 Å². The molecule has 1 N–H and O–H groups in total. The summed E-state index contributed by atoms with van der Waals surface area (Å²) in [5, 5.41) is 3.32. The number of benzene rings is 1. The van der Waals surface area contributed by atoms with Crippen molar-refractivity contribution in [2.45, 2.75) is 51.5 Å². The largest absolute Gasteiger partial charge is 0.324 e. The maximum absolute atomic E-state index is 13.2. The number of pyridine rings is 1. The zero-order valence-corrected chi connectivity index (χ0v) is 19.9. The number of halogens is 1. The van der Waals surface area contributed by atoms with Crippen LogP contribution in [0.15, 0.2) is 49.1 Å². The van der Waals surface area contributed by atoms with Gasteiger partial charge in [0, 0.05) is 30.0 Å². The number of fused-ring (bicyclic) bond motifs is 1. The Morgan fingerprint density at radius 2 is 2.03 bits per heavy atom. The number of aromatic nitrogens is 5. The average molecular weight is 473 g/mol. The van der Waals surface area contributed by atoms with Crippen molar-refractivity contribution in [2.75, 3.05) is 5.32 Å². The maximum atomic E-state index is 13.2. The van der Waals surface area contributed by atoms with E-state index in [0.717, 1.165) is 41.3 Å². The van der Waals surface area contributed by atoms with Crippen LogP contribution in [0.1, 0.15) is 65.5 Å². The van der Waals surface area contributed by atoms with Crippen LogP contribution in [0.25, 0.3) is 17.2 Å². The predicted molar refractivity (Wildman–Crippen MR) is 132 cm³/mol. The van der Waals surface area contributed by atoms with Gasteiger partial charge in [-0.1, -0.05) is 17.7 Å². The monoisotopic (exact) mass is 472 g/mol. The predicted octanol–water partition coefficient (Wildman–Crippen LogP) is 5.73. The molecule has 2 aliphatic rings. The Morgan fingerprint density at radius 3 is 2.85 bits per heavy atom. The number of carbonyl (C=O) groups is 1. The van der Waals surface area contributed by atoms with E-state index in [1.807, 2.05) is 48.1 Å². The van der Waals surface area contributed by atoms with E-state index >= 15 is 0 Å². The number of amides is 1. The lowest BCUT2D eigenvalue weighted by molar-refractivity contribution is 0.102. The van der Waals surface area contributed by atoms with Gasteiger partial charge in [0.2, 0.25) is 0 Å². The highest BCUT2D eigenvalue weighted by atomic mass is 35.5. The van der Waals surface area contributed by atoms with Crippen LogP contribution in [-0.4, -0.2) is 30.0 Å². The number of carbonyl (C=O) groups excluding carboxylic acids is 1. The van der Waals surface area contributed by atoms with E-state index in [9.17, 15) is 4.79 Å².